The summed E-state index contributed by atoms with van der Waals surface area (Å²) in [5.74, 6) is -0.610. The number of imidazole rings is 1. The molecule has 0 unspecified atom stereocenters. The van der Waals surface area contributed by atoms with Crippen molar-refractivity contribution in [2.75, 3.05) is 13.1 Å². The summed E-state index contributed by atoms with van der Waals surface area (Å²) < 4.78 is 43.6. The Labute approximate surface area is 185 Å². The van der Waals surface area contributed by atoms with Crippen LogP contribution >= 0.6 is 11.6 Å². The Hall–Kier alpha value is -2.88. The molecule has 1 amide bonds. The number of pyridine rings is 1. The lowest BCUT2D eigenvalue weighted by molar-refractivity contribution is -0.136. The summed E-state index contributed by atoms with van der Waals surface area (Å²) in [5, 5.41) is 19.7. The lowest BCUT2D eigenvalue weighted by Crippen LogP contribution is -2.39. The van der Waals surface area contributed by atoms with E-state index < -0.39 is 17.6 Å². The maximum atomic E-state index is 13.7. The SMILES string of the molecule is O=C(c1nc2c(C(F)(F)F)cc(C3CC3)cn2c1Cl)N1CCC(n2c(O)ccc2O)CC1. The topological polar surface area (TPSA) is 83.0 Å². The predicted octanol–water partition coefficient (Wildman–Crippen LogP) is 4.57. The van der Waals surface area contributed by atoms with E-state index in [0.29, 0.717) is 18.4 Å². The van der Waals surface area contributed by atoms with Gasteiger partial charge in [0, 0.05) is 37.5 Å². The molecular weight excluding hydrogens is 449 g/mol. The molecule has 0 atom stereocenters. The first-order valence-corrected chi connectivity index (χ1v) is 10.7. The van der Waals surface area contributed by atoms with Gasteiger partial charge in [-0.05, 0) is 43.2 Å². The van der Waals surface area contributed by atoms with Crippen LogP contribution in [-0.2, 0) is 6.18 Å². The van der Waals surface area contributed by atoms with Gasteiger partial charge in [0.25, 0.3) is 5.91 Å². The molecule has 0 bridgehead atoms. The molecule has 0 aromatic carbocycles. The van der Waals surface area contributed by atoms with Crippen LogP contribution in [0.3, 0.4) is 0 Å². The number of fused-ring (bicyclic) bond motifs is 1. The lowest BCUT2D eigenvalue weighted by Gasteiger charge is -2.32. The fraction of sp³-hybridized carbons (Fsp3) is 0.429. The number of hydrogen-bond donors (Lipinski definition) is 2. The van der Waals surface area contributed by atoms with Crippen LogP contribution in [0.1, 0.15) is 59.3 Å². The second-order valence-corrected chi connectivity index (χ2v) is 8.71. The summed E-state index contributed by atoms with van der Waals surface area (Å²) in [4.78, 5) is 18.6. The van der Waals surface area contributed by atoms with Crippen molar-refractivity contribution in [3.8, 4) is 11.8 Å². The molecule has 170 valence electrons. The van der Waals surface area contributed by atoms with E-state index in [9.17, 15) is 28.2 Å². The molecule has 1 aliphatic heterocycles. The molecule has 2 aliphatic rings. The summed E-state index contributed by atoms with van der Waals surface area (Å²) in [5.41, 5.74) is -0.960. The third-order valence-corrected chi connectivity index (χ3v) is 6.59. The maximum Gasteiger partial charge on any atom is 0.419 e. The minimum atomic E-state index is -4.62. The molecule has 3 aromatic rings. The Bertz CT molecular complexity index is 1190. The third kappa shape index (κ3) is 3.46. The van der Waals surface area contributed by atoms with Gasteiger partial charge in [0.1, 0.15) is 5.15 Å². The van der Waals surface area contributed by atoms with E-state index >= 15 is 0 Å². The van der Waals surface area contributed by atoms with Crippen molar-refractivity contribution < 1.29 is 28.2 Å². The number of alkyl halides is 3. The average Bonchev–Trinajstić information content (AvgIpc) is 3.48. The van der Waals surface area contributed by atoms with Gasteiger partial charge in [-0.3, -0.25) is 13.8 Å². The van der Waals surface area contributed by atoms with Gasteiger partial charge in [0.05, 0.1) is 5.56 Å². The van der Waals surface area contributed by atoms with Crippen LogP contribution in [0.2, 0.25) is 5.15 Å². The number of carbonyl (C=O) groups is 1. The molecule has 3 aromatic heterocycles. The lowest BCUT2D eigenvalue weighted by atomic mass is 10.0. The van der Waals surface area contributed by atoms with Gasteiger partial charge in [-0.2, -0.15) is 13.2 Å². The predicted molar refractivity (Wildman–Crippen MR) is 109 cm³/mol. The molecule has 1 aliphatic carbocycles. The molecule has 1 saturated heterocycles. The fourth-order valence-electron chi connectivity index (χ4n) is 4.40. The molecule has 0 spiro atoms. The van der Waals surface area contributed by atoms with Crippen molar-refractivity contribution in [2.45, 2.75) is 43.8 Å². The first kappa shape index (κ1) is 21.0. The van der Waals surface area contributed by atoms with Gasteiger partial charge in [0.2, 0.25) is 0 Å². The molecular formula is C21H20ClF3N4O3. The number of hydrogen-bond acceptors (Lipinski definition) is 4. The van der Waals surface area contributed by atoms with E-state index in [1.807, 2.05) is 0 Å². The smallest absolute Gasteiger partial charge is 0.419 e. The van der Waals surface area contributed by atoms with Crippen LogP contribution in [0, 0.1) is 0 Å². The maximum absolute atomic E-state index is 13.7. The second-order valence-electron chi connectivity index (χ2n) is 8.35. The molecule has 7 nitrogen and oxygen atoms in total. The number of likely N-dealkylation sites (tertiary alicyclic amines) is 1. The van der Waals surface area contributed by atoms with Crippen LogP contribution < -0.4 is 0 Å². The standard InChI is InChI=1S/C21H20ClF3N4O3/c22-18-17(20(32)27-7-5-13(6-8-27)29-15(30)3-4-16(29)31)26-19-14(21(23,24)25)9-12(10-28(18)19)11-1-2-11/h3-4,9-11,13,30-31H,1-2,5-8H2. The largest absolute Gasteiger partial charge is 0.494 e. The minimum absolute atomic E-state index is 0.0678. The molecule has 11 heteroatoms. The fourth-order valence-corrected chi connectivity index (χ4v) is 4.65. The van der Waals surface area contributed by atoms with Gasteiger partial charge in [0.15, 0.2) is 23.1 Å². The van der Waals surface area contributed by atoms with E-state index in [4.69, 9.17) is 11.6 Å². The van der Waals surface area contributed by atoms with Gasteiger partial charge in [-0.25, -0.2) is 4.98 Å². The van der Waals surface area contributed by atoms with Crippen molar-refractivity contribution in [3.05, 3.63) is 46.4 Å². The number of carbonyl (C=O) groups excluding carboxylic acids is 1. The van der Waals surface area contributed by atoms with Crippen molar-refractivity contribution in [1.82, 2.24) is 18.9 Å². The number of amides is 1. The van der Waals surface area contributed by atoms with Crippen LogP contribution in [0.5, 0.6) is 11.8 Å². The number of aromatic nitrogens is 3. The Morgan fingerprint density at radius 3 is 2.28 bits per heavy atom. The van der Waals surface area contributed by atoms with Crippen LogP contribution in [0.25, 0.3) is 5.65 Å². The Kier molecular flexibility index (Phi) is 4.81. The van der Waals surface area contributed by atoms with Gasteiger partial charge < -0.3 is 15.1 Å². The van der Waals surface area contributed by atoms with Crippen LogP contribution in [0.4, 0.5) is 13.2 Å². The number of piperidine rings is 1. The van der Waals surface area contributed by atoms with Crippen molar-refractivity contribution in [3.63, 3.8) is 0 Å². The van der Waals surface area contributed by atoms with E-state index in [-0.39, 0.29) is 53.3 Å². The monoisotopic (exact) mass is 468 g/mol. The number of halogens is 4. The molecule has 32 heavy (non-hydrogen) atoms. The Morgan fingerprint density at radius 1 is 1.09 bits per heavy atom. The van der Waals surface area contributed by atoms with E-state index in [1.165, 1.54) is 27.8 Å². The minimum Gasteiger partial charge on any atom is -0.494 e. The summed E-state index contributed by atoms with van der Waals surface area (Å²) in [6.07, 6.45) is -0.540. The normalized spacial score (nSPS) is 17.9. The molecule has 5 rings (SSSR count). The number of rotatable bonds is 3. The summed E-state index contributed by atoms with van der Waals surface area (Å²) in [7, 11) is 0. The highest BCUT2D eigenvalue weighted by Crippen LogP contribution is 2.43. The summed E-state index contributed by atoms with van der Waals surface area (Å²) in [6.45, 7) is 0.564. The van der Waals surface area contributed by atoms with Crippen LogP contribution in [0.15, 0.2) is 24.4 Å². The van der Waals surface area contributed by atoms with E-state index in [1.54, 1.807) is 0 Å². The summed E-state index contributed by atoms with van der Waals surface area (Å²) in [6, 6.07) is 3.67. The van der Waals surface area contributed by atoms with Crippen LogP contribution in [-0.4, -0.2) is 48.1 Å². The first-order chi connectivity index (χ1) is 15.1. The molecule has 2 N–H and O–H groups in total. The molecule has 0 radical (unpaired) electrons. The molecule has 1 saturated carbocycles. The molecule has 2 fully saturated rings. The Morgan fingerprint density at radius 2 is 1.72 bits per heavy atom. The zero-order valence-corrected chi connectivity index (χ0v) is 17.6. The van der Waals surface area contributed by atoms with Crippen molar-refractivity contribution in [2.24, 2.45) is 0 Å². The van der Waals surface area contributed by atoms with Crippen molar-refractivity contribution >= 4 is 23.2 Å². The highest BCUT2D eigenvalue weighted by atomic mass is 35.5. The third-order valence-electron chi connectivity index (χ3n) is 6.23. The number of nitrogens with zero attached hydrogens (tertiary/aromatic N) is 4. The molecule has 4 heterocycles. The van der Waals surface area contributed by atoms with E-state index in [2.05, 4.69) is 4.98 Å². The quantitative estimate of drug-likeness (QED) is 0.589. The zero-order chi connectivity index (χ0) is 22.8. The highest BCUT2D eigenvalue weighted by molar-refractivity contribution is 6.33. The van der Waals surface area contributed by atoms with Crippen molar-refractivity contribution in [1.29, 1.82) is 0 Å². The summed E-state index contributed by atoms with van der Waals surface area (Å²) >= 11 is 6.36. The second kappa shape index (κ2) is 7.33. The zero-order valence-electron chi connectivity index (χ0n) is 16.8. The van der Waals surface area contributed by atoms with Gasteiger partial charge in [-0.15, -0.1) is 0 Å². The number of aromatic hydroxyl groups is 2. The van der Waals surface area contributed by atoms with E-state index in [0.717, 1.165) is 23.3 Å². The highest BCUT2D eigenvalue weighted by Gasteiger charge is 2.38. The Balaban J connectivity index is 1.44. The van der Waals surface area contributed by atoms with Gasteiger partial charge in [-0.1, -0.05) is 11.6 Å². The van der Waals surface area contributed by atoms with Gasteiger partial charge >= 0.3 is 6.18 Å². The first-order valence-electron chi connectivity index (χ1n) is 10.3. The average molecular weight is 469 g/mol.